The lowest BCUT2D eigenvalue weighted by atomic mass is 10.0. The Labute approximate surface area is 87.2 Å². The highest BCUT2D eigenvalue weighted by molar-refractivity contribution is 5.75. The molecule has 0 aromatic rings. The molecule has 0 radical (unpaired) electrons. The molecular weight excluding hydrogens is 178 g/mol. The molecule has 0 saturated carbocycles. The summed E-state index contributed by atoms with van der Waals surface area (Å²) >= 11 is 0. The third kappa shape index (κ3) is 5.22. The van der Waals surface area contributed by atoms with Gasteiger partial charge in [-0.05, 0) is 24.8 Å². The number of esters is 1. The molecule has 84 valence electrons. The number of methoxy groups -OCH3 is 1. The van der Waals surface area contributed by atoms with Gasteiger partial charge in [-0.3, -0.25) is 4.79 Å². The van der Waals surface area contributed by atoms with E-state index in [1.54, 1.807) is 0 Å². The van der Waals surface area contributed by atoms with E-state index in [-0.39, 0.29) is 17.9 Å². The van der Waals surface area contributed by atoms with Crippen LogP contribution in [0, 0.1) is 11.8 Å². The van der Waals surface area contributed by atoms with Gasteiger partial charge in [-0.25, -0.2) is 0 Å². The maximum Gasteiger partial charge on any atom is 0.323 e. The third-order valence-electron chi connectivity index (χ3n) is 2.21. The van der Waals surface area contributed by atoms with Crippen LogP contribution >= 0.6 is 0 Å². The van der Waals surface area contributed by atoms with Crippen LogP contribution in [0.5, 0.6) is 0 Å². The normalized spacial score (nSPS) is 13.4. The zero-order valence-corrected chi connectivity index (χ0v) is 9.96. The van der Waals surface area contributed by atoms with Gasteiger partial charge in [-0.15, -0.1) is 0 Å². The van der Waals surface area contributed by atoms with Crippen molar-refractivity contribution in [2.75, 3.05) is 13.7 Å². The second-order valence-corrected chi connectivity index (χ2v) is 4.38. The first-order valence-corrected chi connectivity index (χ1v) is 5.30. The molecule has 0 aromatic heterocycles. The van der Waals surface area contributed by atoms with Crippen LogP contribution in [-0.2, 0) is 9.53 Å². The molecule has 0 rings (SSSR count). The van der Waals surface area contributed by atoms with E-state index in [1.165, 1.54) is 7.11 Å². The quantitative estimate of drug-likeness (QED) is 0.666. The molecule has 14 heavy (non-hydrogen) atoms. The van der Waals surface area contributed by atoms with Gasteiger partial charge < -0.3 is 10.1 Å². The number of nitrogens with one attached hydrogen (secondary N) is 1. The predicted octanol–water partition coefficient (Wildman–Crippen LogP) is 1.82. The van der Waals surface area contributed by atoms with Gasteiger partial charge in [0.25, 0.3) is 0 Å². The van der Waals surface area contributed by atoms with Gasteiger partial charge in [0.2, 0.25) is 0 Å². The fourth-order valence-electron chi connectivity index (χ4n) is 1.25. The first kappa shape index (κ1) is 13.4. The van der Waals surface area contributed by atoms with Crippen LogP contribution in [0.4, 0.5) is 0 Å². The molecule has 0 aliphatic rings. The molecule has 0 saturated heterocycles. The van der Waals surface area contributed by atoms with E-state index in [2.05, 4.69) is 19.2 Å². The number of rotatable bonds is 6. The summed E-state index contributed by atoms with van der Waals surface area (Å²) in [7, 11) is 1.43. The summed E-state index contributed by atoms with van der Waals surface area (Å²) in [6, 6.07) is -0.168. The molecule has 1 N–H and O–H groups in total. The zero-order chi connectivity index (χ0) is 11.1. The first-order valence-electron chi connectivity index (χ1n) is 5.30. The Balaban J connectivity index is 3.92. The van der Waals surface area contributed by atoms with E-state index in [0.717, 1.165) is 13.0 Å². The molecule has 1 atom stereocenters. The van der Waals surface area contributed by atoms with Crippen molar-refractivity contribution >= 4 is 5.97 Å². The lowest BCUT2D eigenvalue weighted by Gasteiger charge is -2.20. The van der Waals surface area contributed by atoms with E-state index in [4.69, 9.17) is 4.74 Å². The van der Waals surface area contributed by atoms with Gasteiger partial charge in [0.05, 0.1) is 7.11 Å². The van der Waals surface area contributed by atoms with Crippen LogP contribution in [0.25, 0.3) is 0 Å². The Kier molecular flexibility index (Phi) is 6.54. The minimum absolute atomic E-state index is 0.163. The Bertz CT molecular complexity index is 167. The van der Waals surface area contributed by atoms with Gasteiger partial charge in [-0.1, -0.05) is 27.7 Å². The average molecular weight is 201 g/mol. The highest BCUT2D eigenvalue weighted by Crippen LogP contribution is 2.04. The Morgan fingerprint density at radius 2 is 1.86 bits per heavy atom. The van der Waals surface area contributed by atoms with Crippen molar-refractivity contribution < 1.29 is 9.53 Å². The smallest absolute Gasteiger partial charge is 0.323 e. The maximum absolute atomic E-state index is 11.3. The lowest BCUT2D eigenvalue weighted by molar-refractivity contribution is -0.144. The van der Waals surface area contributed by atoms with Crippen molar-refractivity contribution in [1.29, 1.82) is 0 Å². The maximum atomic E-state index is 11.3. The molecule has 1 unspecified atom stereocenters. The fraction of sp³-hybridized carbons (Fsp3) is 0.909. The third-order valence-corrected chi connectivity index (χ3v) is 2.21. The topological polar surface area (TPSA) is 38.3 Å². The van der Waals surface area contributed by atoms with E-state index < -0.39 is 0 Å². The van der Waals surface area contributed by atoms with Crippen LogP contribution in [-0.4, -0.2) is 25.7 Å². The van der Waals surface area contributed by atoms with E-state index in [9.17, 15) is 4.79 Å². The number of hydrogen-bond acceptors (Lipinski definition) is 3. The molecule has 0 spiro atoms. The number of ether oxygens (including phenoxy) is 1. The summed E-state index contributed by atoms with van der Waals surface area (Å²) in [4.78, 5) is 11.3. The summed E-state index contributed by atoms with van der Waals surface area (Å²) in [6.07, 6.45) is 1.08. The molecule has 0 amide bonds. The van der Waals surface area contributed by atoms with Gasteiger partial charge in [0.15, 0.2) is 0 Å². The van der Waals surface area contributed by atoms with E-state index in [1.807, 2.05) is 13.8 Å². The first-order chi connectivity index (χ1) is 6.49. The van der Waals surface area contributed by atoms with E-state index in [0.29, 0.717) is 5.92 Å². The molecule has 0 bridgehead atoms. The molecule has 0 aromatic carbocycles. The van der Waals surface area contributed by atoms with Crippen molar-refractivity contribution in [3.05, 3.63) is 0 Å². The highest BCUT2D eigenvalue weighted by Gasteiger charge is 2.21. The summed E-state index contributed by atoms with van der Waals surface area (Å²) in [6.45, 7) is 9.25. The summed E-state index contributed by atoms with van der Waals surface area (Å²) in [5.74, 6) is 0.770. The van der Waals surface area contributed by atoms with Crippen molar-refractivity contribution in [2.24, 2.45) is 11.8 Å². The van der Waals surface area contributed by atoms with Gasteiger partial charge in [0, 0.05) is 0 Å². The van der Waals surface area contributed by atoms with Crippen molar-refractivity contribution in [2.45, 2.75) is 40.2 Å². The summed E-state index contributed by atoms with van der Waals surface area (Å²) in [5, 5.41) is 3.23. The fourth-order valence-corrected chi connectivity index (χ4v) is 1.25. The summed E-state index contributed by atoms with van der Waals surface area (Å²) < 4.78 is 4.73. The van der Waals surface area contributed by atoms with Crippen LogP contribution in [0.15, 0.2) is 0 Å². The van der Waals surface area contributed by atoms with Crippen molar-refractivity contribution in [3.8, 4) is 0 Å². The molecule has 3 nitrogen and oxygen atoms in total. The molecule has 0 aliphatic carbocycles. The van der Waals surface area contributed by atoms with Gasteiger partial charge in [0.1, 0.15) is 6.04 Å². The van der Waals surface area contributed by atoms with Crippen LogP contribution in [0.1, 0.15) is 34.1 Å². The minimum atomic E-state index is -0.168. The molecular formula is C11H23NO2. The Morgan fingerprint density at radius 3 is 2.21 bits per heavy atom. The predicted molar refractivity (Wildman–Crippen MR) is 58.1 cm³/mol. The van der Waals surface area contributed by atoms with Crippen LogP contribution in [0.2, 0.25) is 0 Å². The highest BCUT2D eigenvalue weighted by atomic mass is 16.5. The number of carbonyl (C=O) groups excluding carboxylic acids is 1. The zero-order valence-electron chi connectivity index (χ0n) is 9.96. The lowest BCUT2D eigenvalue weighted by Crippen LogP contribution is -2.42. The molecule has 0 aliphatic heterocycles. The Hall–Kier alpha value is -0.570. The summed E-state index contributed by atoms with van der Waals surface area (Å²) in [5.41, 5.74) is 0. The SMILES string of the molecule is COC(=O)C(NCCC(C)C)C(C)C. The van der Waals surface area contributed by atoms with Gasteiger partial charge in [-0.2, -0.15) is 0 Å². The Morgan fingerprint density at radius 1 is 1.29 bits per heavy atom. The second-order valence-electron chi connectivity index (χ2n) is 4.38. The van der Waals surface area contributed by atoms with Crippen LogP contribution < -0.4 is 5.32 Å². The second kappa shape index (κ2) is 6.82. The molecule has 3 heteroatoms. The molecule has 0 fully saturated rings. The molecule has 0 heterocycles. The minimum Gasteiger partial charge on any atom is -0.468 e. The van der Waals surface area contributed by atoms with Crippen LogP contribution in [0.3, 0.4) is 0 Å². The van der Waals surface area contributed by atoms with E-state index >= 15 is 0 Å². The average Bonchev–Trinajstić information content (AvgIpc) is 2.10. The standard InChI is InChI=1S/C11H23NO2/c1-8(2)6-7-12-10(9(3)4)11(13)14-5/h8-10,12H,6-7H2,1-5H3. The number of hydrogen-bond donors (Lipinski definition) is 1. The van der Waals surface area contributed by atoms with Gasteiger partial charge >= 0.3 is 5.97 Å². The monoisotopic (exact) mass is 201 g/mol. The largest absolute Gasteiger partial charge is 0.468 e. The van der Waals surface area contributed by atoms with Crippen molar-refractivity contribution in [1.82, 2.24) is 5.32 Å². The van der Waals surface area contributed by atoms with Crippen molar-refractivity contribution in [3.63, 3.8) is 0 Å². The number of carbonyl (C=O) groups is 1.